The molecule has 1 aromatic rings. The van der Waals surface area contributed by atoms with Crippen molar-refractivity contribution in [1.29, 1.82) is 0 Å². The molecule has 0 heterocycles. The summed E-state index contributed by atoms with van der Waals surface area (Å²) in [5.41, 5.74) is 1.06. The fourth-order valence-electron chi connectivity index (χ4n) is 1.09. The van der Waals surface area contributed by atoms with Crippen molar-refractivity contribution in [1.82, 2.24) is 0 Å². The highest BCUT2D eigenvalue weighted by molar-refractivity contribution is 9.10. The third kappa shape index (κ3) is 2.62. The lowest BCUT2D eigenvalue weighted by molar-refractivity contribution is 0.0504. The van der Waals surface area contributed by atoms with Gasteiger partial charge in [-0.05, 0) is 34.5 Å². The molecule has 0 N–H and O–H groups in total. The Labute approximate surface area is 92.1 Å². The van der Waals surface area contributed by atoms with Gasteiger partial charge < -0.3 is 14.2 Å². The largest absolute Gasteiger partial charge is 0.496 e. The predicted molar refractivity (Wildman–Crippen MR) is 57.9 cm³/mol. The fourth-order valence-corrected chi connectivity index (χ4v) is 1.66. The van der Waals surface area contributed by atoms with E-state index in [2.05, 4.69) is 15.9 Å². The van der Waals surface area contributed by atoms with E-state index in [1.165, 1.54) is 0 Å². The van der Waals surface area contributed by atoms with Crippen molar-refractivity contribution in [2.75, 3.05) is 21.0 Å². The Morgan fingerprint density at radius 1 is 1.21 bits per heavy atom. The molecule has 4 heteroatoms. The quantitative estimate of drug-likeness (QED) is 0.780. The van der Waals surface area contributed by atoms with Gasteiger partial charge in [-0.2, -0.15) is 0 Å². The summed E-state index contributed by atoms with van der Waals surface area (Å²) >= 11 is 3.40. The van der Waals surface area contributed by atoms with Gasteiger partial charge in [-0.3, -0.25) is 0 Å². The normalized spacial score (nSPS) is 10.0. The number of ether oxygens (including phenoxy) is 3. The van der Waals surface area contributed by atoms with Gasteiger partial charge >= 0.3 is 0 Å². The molecule has 3 nitrogen and oxygen atoms in total. The minimum absolute atomic E-state index is 0.227. The molecule has 0 radical (unpaired) electrons. The molecule has 0 saturated carbocycles. The molecule has 0 aromatic heterocycles. The molecule has 0 aliphatic carbocycles. The maximum absolute atomic E-state index is 5.33. The minimum atomic E-state index is 0.227. The van der Waals surface area contributed by atoms with E-state index in [1.807, 2.05) is 19.1 Å². The second-order valence-electron chi connectivity index (χ2n) is 2.80. The van der Waals surface area contributed by atoms with E-state index in [0.717, 1.165) is 15.8 Å². The third-order valence-corrected chi connectivity index (χ3v) is 2.40. The number of benzene rings is 1. The summed E-state index contributed by atoms with van der Waals surface area (Å²) in [5.74, 6) is 1.52. The van der Waals surface area contributed by atoms with Crippen LogP contribution in [0.2, 0.25) is 0 Å². The van der Waals surface area contributed by atoms with Crippen molar-refractivity contribution >= 4 is 15.9 Å². The first-order valence-electron chi connectivity index (χ1n) is 4.15. The van der Waals surface area contributed by atoms with Crippen molar-refractivity contribution in [2.24, 2.45) is 0 Å². The van der Waals surface area contributed by atoms with E-state index in [-0.39, 0.29) is 6.79 Å². The Hall–Kier alpha value is -0.740. The van der Waals surface area contributed by atoms with Gasteiger partial charge in [0, 0.05) is 13.2 Å². The number of methoxy groups -OCH3 is 2. The van der Waals surface area contributed by atoms with Gasteiger partial charge in [0.2, 0.25) is 0 Å². The highest BCUT2D eigenvalue weighted by atomic mass is 79.9. The summed E-state index contributed by atoms with van der Waals surface area (Å²) in [6.07, 6.45) is 0. The zero-order valence-electron chi connectivity index (χ0n) is 8.46. The monoisotopic (exact) mass is 260 g/mol. The van der Waals surface area contributed by atoms with Crippen LogP contribution >= 0.6 is 15.9 Å². The van der Waals surface area contributed by atoms with Crippen LogP contribution in [0.3, 0.4) is 0 Å². The zero-order valence-corrected chi connectivity index (χ0v) is 10.1. The maximum Gasteiger partial charge on any atom is 0.188 e. The Kier molecular flexibility index (Phi) is 4.22. The Balaban J connectivity index is 2.92. The summed E-state index contributed by atoms with van der Waals surface area (Å²) in [4.78, 5) is 0. The number of hydrogen-bond acceptors (Lipinski definition) is 3. The Morgan fingerprint density at radius 2 is 1.93 bits per heavy atom. The van der Waals surface area contributed by atoms with Crippen molar-refractivity contribution in [3.05, 3.63) is 22.2 Å². The fraction of sp³-hybridized carbons (Fsp3) is 0.400. The average molecular weight is 261 g/mol. The molecule has 0 aliphatic rings. The highest BCUT2D eigenvalue weighted by Gasteiger charge is 2.06. The molecular weight excluding hydrogens is 248 g/mol. The van der Waals surface area contributed by atoms with Gasteiger partial charge in [0.1, 0.15) is 11.5 Å². The molecule has 1 aromatic carbocycles. The van der Waals surface area contributed by atoms with Gasteiger partial charge in [-0.25, -0.2) is 0 Å². The van der Waals surface area contributed by atoms with Crippen LogP contribution in [0.1, 0.15) is 5.56 Å². The van der Waals surface area contributed by atoms with Gasteiger partial charge in [-0.1, -0.05) is 0 Å². The summed E-state index contributed by atoms with van der Waals surface area (Å²) in [5, 5.41) is 0. The van der Waals surface area contributed by atoms with E-state index in [4.69, 9.17) is 14.2 Å². The molecule has 0 amide bonds. The van der Waals surface area contributed by atoms with E-state index in [9.17, 15) is 0 Å². The molecular formula is C10H13BrO3. The second kappa shape index (κ2) is 5.22. The van der Waals surface area contributed by atoms with Gasteiger partial charge in [0.15, 0.2) is 6.79 Å². The first kappa shape index (κ1) is 11.3. The lowest BCUT2D eigenvalue weighted by Gasteiger charge is -2.10. The first-order valence-corrected chi connectivity index (χ1v) is 4.94. The van der Waals surface area contributed by atoms with Crippen LogP contribution in [0.25, 0.3) is 0 Å². The maximum atomic E-state index is 5.33. The van der Waals surface area contributed by atoms with Crippen LogP contribution in [0.4, 0.5) is 0 Å². The SMILES string of the molecule is COCOc1cc(OC)c(C)cc1Br. The molecule has 0 fully saturated rings. The van der Waals surface area contributed by atoms with Crippen LogP contribution < -0.4 is 9.47 Å². The van der Waals surface area contributed by atoms with Gasteiger partial charge in [0.05, 0.1) is 11.6 Å². The summed E-state index contributed by atoms with van der Waals surface area (Å²) in [6, 6.07) is 3.78. The van der Waals surface area contributed by atoms with E-state index in [1.54, 1.807) is 14.2 Å². The van der Waals surface area contributed by atoms with Crippen LogP contribution in [0, 0.1) is 6.92 Å². The highest BCUT2D eigenvalue weighted by Crippen LogP contribution is 2.32. The van der Waals surface area contributed by atoms with E-state index < -0.39 is 0 Å². The van der Waals surface area contributed by atoms with E-state index in [0.29, 0.717) is 5.75 Å². The molecule has 1 rings (SSSR count). The average Bonchev–Trinajstić information content (AvgIpc) is 2.17. The molecule has 0 saturated heterocycles. The molecule has 14 heavy (non-hydrogen) atoms. The molecule has 0 bridgehead atoms. The van der Waals surface area contributed by atoms with Crippen molar-refractivity contribution in [2.45, 2.75) is 6.92 Å². The Morgan fingerprint density at radius 3 is 2.50 bits per heavy atom. The smallest absolute Gasteiger partial charge is 0.188 e. The summed E-state index contributed by atoms with van der Waals surface area (Å²) < 4.78 is 16.2. The number of aryl methyl sites for hydroxylation is 1. The minimum Gasteiger partial charge on any atom is -0.496 e. The molecule has 0 unspecified atom stereocenters. The van der Waals surface area contributed by atoms with Crippen LogP contribution in [-0.4, -0.2) is 21.0 Å². The van der Waals surface area contributed by atoms with Gasteiger partial charge in [-0.15, -0.1) is 0 Å². The topological polar surface area (TPSA) is 27.7 Å². The molecule has 0 atom stereocenters. The molecule has 0 aliphatic heterocycles. The van der Waals surface area contributed by atoms with Crippen LogP contribution in [0.15, 0.2) is 16.6 Å². The standard InChI is InChI=1S/C10H13BrO3/c1-7-4-8(11)10(14-6-12-2)5-9(7)13-3/h4-5H,6H2,1-3H3. The number of rotatable bonds is 4. The van der Waals surface area contributed by atoms with Crippen LogP contribution in [0.5, 0.6) is 11.5 Å². The van der Waals surface area contributed by atoms with Crippen LogP contribution in [-0.2, 0) is 4.74 Å². The number of halogens is 1. The molecule has 78 valence electrons. The predicted octanol–water partition coefficient (Wildman–Crippen LogP) is 2.75. The Bertz CT molecular complexity index is 312. The zero-order chi connectivity index (χ0) is 10.6. The summed E-state index contributed by atoms with van der Waals surface area (Å²) in [7, 11) is 3.22. The van der Waals surface area contributed by atoms with Crippen molar-refractivity contribution in [3.63, 3.8) is 0 Å². The van der Waals surface area contributed by atoms with E-state index >= 15 is 0 Å². The molecule has 0 spiro atoms. The second-order valence-corrected chi connectivity index (χ2v) is 3.66. The van der Waals surface area contributed by atoms with Crippen molar-refractivity contribution < 1.29 is 14.2 Å². The lowest BCUT2D eigenvalue weighted by atomic mass is 10.2. The lowest BCUT2D eigenvalue weighted by Crippen LogP contribution is -2.00. The van der Waals surface area contributed by atoms with Gasteiger partial charge in [0.25, 0.3) is 0 Å². The third-order valence-electron chi connectivity index (χ3n) is 1.78. The first-order chi connectivity index (χ1) is 6.69. The van der Waals surface area contributed by atoms with Crippen molar-refractivity contribution in [3.8, 4) is 11.5 Å². The number of hydrogen-bond donors (Lipinski definition) is 0. The summed E-state index contributed by atoms with van der Waals surface area (Å²) in [6.45, 7) is 2.20.